The molecule has 1 fully saturated rings. The lowest BCUT2D eigenvalue weighted by Gasteiger charge is -2.46. The van der Waals surface area contributed by atoms with E-state index in [2.05, 4.69) is 32.8 Å². The lowest BCUT2D eigenvalue weighted by molar-refractivity contribution is 0.0682. The molecule has 0 amide bonds. The summed E-state index contributed by atoms with van der Waals surface area (Å²) in [6.45, 7) is 4.59. The SMILES string of the molecule is CC(C)C1CCC(Cc2ccc(F)c(F)c2)(N(C)C)CC1. The van der Waals surface area contributed by atoms with Gasteiger partial charge in [-0.2, -0.15) is 0 Å². The van der Waals surface area contributed by atoms with Gasteiger partial charge in [0.2, 0.25) is 0 Å². The van der Waals surface area contributed by atoms with Gasteiger partial charge in [0.25, 0.3) is 0 Å². The smallest absolute Gasteiger partial charge is 0.159 e. The van der Waals surface area contributed by atoms with E-state index in [1.165, 1.54) is 25.0 Å². The third-order valence-corrected chi connectivity index (χ3v) is 5.37. The van der Waals surface area contributed by atoms with Gasteiger partial charge in [-0.1, -0.05) is 19.9 Å². The molecule has 0 saturated heterocycles. The molecule has 0 aliphatic heterocycles. The number of likely N-dealkylation sites (N-methyl/N-ethyl adjacent to an activating group) is 1. The van der Waals surface area contributed by atoms with E-state index in [4.69, 9.17) is 0 Å². The summed E-state index contributed by atoms with van der Waals surface area (Å²) in [5.41, 5.74) is 0.973. The van der Waals surface area contributed by atoms with Crippen molar-refractivity contribution in [3.05, 3.63) is 35.4 Å². The molecule has 0 unspecified atom stereocenters. The number of benzene rings is 1. The van der Waals surface area contributed by atoms with Gasteiger partial charge in [-0.25, -0.2) is 8.78 Å². The summed E-state index contributed by atoms with van der Waals surface area (Å²) in [4.78, 5) is 2.28. The minimum absolute atomic E-state index is 0.0790. The van der Waals surface area contributed by atoms with Crippen molar-refractivity contribution in [3.63, 3.8) is 0 Å². The van der Waals surface area contributed by atoms with Gasteiger partial charge in [0.1, 0.15) is 0 Å². The van der Waals surface area contributed by atoms with Crippen molar-refractivity contribution in [2.75, 3.05) is 14.1 Å². The summed E-state index contributed by atoms with van der Waals surface area (Å²) in [6.07, 6.45) is 5.49. The first-order valence-corrected chi connectivity index (χ1v) is 7.95. The summed E-state index contributed by atoms with van der Waals surface area (Å²) >= 11 is 0. The molecule has 0 aromatic heterocycles. The van der Waals surface area contributed by atoms with Crippen LogP contribution in [0, 0.1) is 23.5 Å². The normalized spacial score (nSPS) is 26.6. The first-order chi connectivity index (χ1) is 9.84. The van der Waals surface area contributed by atoms with E-state index < -0.39 is 11.6 Å². The largest absolute Gasteiger partial charge is 0.303 e. The number of hydrogen-bond donors (Lipinski definition) is 0. The molecule has 1 aromatic rings. The van der Waals surface area contributed by atoms with Crippen LogP contribution in [0.4, 0.5) is 8.78 Å². The third kappa shape index (κ3) is 3.63. The van der Waals surface area contributed by atoms with E-state index >= 15 is 0 Å². The zero-order valence-corrected chi connectivity index (χ0v) is 13.6. The fourth-order valence-electron chi connectivity index (χ4n) is 3.66. The summed E-state index contributed by atoms with van der Waals surface area (Å²) in [5.74, 6) is 0.0231. The van der Waals surface area contributed by atoms with Gasteiger partial charge in [-0.15, -0.1) is 0 Å². The molecule has 3 heteroatoms. The van der Waals surface area contributed by atoms with Crippen LogP contribution in [0.15, 0.2) is 18.2 Å². The summed E-state index contributed by atoms with van der Waals surface area (Å²) in [7, 11) is 4.21. The van der Waals surface area contributed by atoms with Crippen LogP contribution in [0.1, 0.15) is 45.1 Å². The highest BCUT2D eigenvalue weighted by Crippen LogP contribution is 2.40. The first kappa shape index (κ1) is 16.4. The summed E-state index contributed by atoms with van der Waals surface area (Å²) < 4.78 is 26.5. The van der Waals surface area contributed by atoms with E-state index in [0.717, 1.165) is 36.7 Å². The van der Waals surface area contributed by atoms with Crippen LogP contribution in [0.5, 0.6) is 0 Å². The van der Waals surface area contributed by atoms with Crippen LogP contribution in [-0.4, -0.2) is 24.5 Å². The Morgan fingerprint density at radius 2 is 1.76 bits per heavy atom. The standard InChI is InChI=1S/C18H27F2N/c1-13(2)15-7-9-18(10-8-15,21(3)4)12-14-5-6-16(19)17(20)11-14/h5-6,11,13,15H,7-10,12H2,1-4H3. The van der Waals surface area contributed by atoms with Crippen molar-refractivity contribution < 1.29 is 8.78 Å². The molecule has 21 heavy (non-hydrogen) atoms. The lowest BCUT2D eigenvalue weighted by Crippen LogP contribution is -2.49. The first-order valence-electron chi connectivity index (χ1n) is 7.95. The molecule has 0 heterocycles. The van der Waals surface area contributed by atoms with Crippen molar-refractivity contribution in [1.29, 1.82) is 0 Å². The highest BCUT2D eigenvalue weighted by Gasteiger charge is 2.37. The molecule has 1 aliphatic carbocycles. The molecule has 118 valence electrons. The molecule has 2 rings (SSSR count). The minimum atomic E-state index is -0.763. The molecule has 1 nitrogen and oxygen atoms in total. The molecule has 0 radical (unpaired) electrons. The zero-order chi connectivity index (χ0) is 15.6. The Labute approximate surface area is 127 Å². The van der Waals surface area contributed by atoms with Gasteiger partial charge in [0, 0.05) is 5.54 Å². The molecule has 0 N–H and O–H groups in total. The average Bonchev–Trinajstić information content (AvgIpc) is 2.43. The molecule has 1 aliphatic rings. The average molecular weight is 295 g/mol. The maximum Gasteiger partial charge on any atom is 0.159 e. The van der Waals surface area contributed by atoms with Gasteiger partial charge in [-0.05, 0) is 75.7 Å². The Morgan fingerprint density at radius 1 is 1.14 bits per heavy atom. The van der Waals surface area contributed by atoms with Crippen molar-refractivity contribution in [3.8, 4) is 0 Å². The van der Waals surface area contributed by atoms with E-state index in [1.54, 1.807) is 6.07 Å². The fraction of sp³-hybridized carbons (Fsp3) is 0.667. The second-order valence-corrected chi connectivity index (χ2v) is 7.13. The van der Waals surface area contributed by atoms with Crippen LogP contribution in [0.2, 0.25) is 0 Å². The predicted octanol–water partition coefficient (Wildman–Crippen LogP) is 4.65. The highest BCUT2D eigenvalue weighted by atomic mass is 19.2. The second kappa shape index (κ2) is 6.43. The molecular weight excluding hydrogens is 268 g/mol. The number of halogens is 2. The molecule has 0 atom stereocenters. The van der Waals surface area contributed by atoms with Crippen molar-refractivity contribution in [2.24, 2.45) is 11.8 Å². The highest BCUT2D eigenvalue weighted by molar-refractivity contribution is 5.21. The quantitative estimate of drug-likeness (QED) is 0.781. The Balaban J connectivity index is 2.14. The van der Waals surface area contributed by atoms with Gasteiger partial charge < -0.3 is 4.90 Å². The predicted molar refractivity (Wildman–Crippen MR) is 83.3 cm³/mol. The van der Waals surface area contributed by atoms with Gasteiger partial charge in [0.15, 0.2) is 11.6 Å². The second-order valence-electron chi connectivity index (χ2n) is 7.13. The fourth-order valence-corrected chi connectivity index (χ4v) is 3.66. The Morgan fingerprint density at radius 3 is 2.24 bits per heavy atom. The molecular formula is C18H27F2N. The Bertz CT molecular complexity index is 474. The van der Waals surface area contributed by atoms with Crippen molar-refractivity contribution in [1.82, 2.24) is 4.90 Å². The van der Waals surface area contributed by atoms with E-state index in [0.29, 0.717) is 0 Å². The summed E-state index contributed by atoms with van der Waals surface area (Å²) in [5, 5.41) is 0. The van der Waals surface area contributed by atoms with Crippen LogP contribution < -0.4 is 0 Å². The van der Waals surface area contributed by atoms with Gasteiger partial charge >= 0.3 is 0 Å². The monoisotopic (exact) mass is 295 g/mol. The third-order valence-electron chi connectivity index (χ3n) is 5.37. The number of hydrogen-bond acceptors (Lipinski definition) is 1. The molecule has 1 aromatic carbocycles. The zero-order valence-electron chi connectivity index (χ0n) is 13.6. The minimum Gasteiger partial charge on any atom is -0.303 e. The molecule has 0 spiro atoms. The summed E-state index contributed by atoms with van der Waals surface area (Å²) in [6, 6.07) is 4.32. The molecule has 0 bridgehead atoms. The van der Waals surface area contributed by atoms with Crippen LogP contribution in [-0.2, 0) is 6.42 Å². The van der Waals surface area contributed by atoms with Crippen LogP contribution in [0.3, 0.4) is 0 Å². The van der Waals surface area contributed by atoms with Crippen molar-refractivity contribution in [2.45, 2.75) is 51.5 Å². The Hall–Kier alpha value is -0.960. The number of rotatable bonds is 4. The number of nitrogens with zero attached hydrogens (tertiary/aromatic N) is 1. The van der Waals surface area contributed by atoms with Crippen LogP contribution >= 0.6 is 0 Å². The maximum absolute atomic E-state index is 13.4. The van der Waals surface area contributed by atoms with Crippen LogP contribution in [0.25, 0.3) is 0 Å². The van der Waals surface area contributed by atoms with Gasteiger partial charge in [-0.3, -0.25) is 0 Å². The Kier molecular flexibility index (Phi) is 5.03. The van der Waals surface area contributed by atoms with Gasteiger partial charge in [0.05, 0.1) is 0 Å². The maximum atomic E-state index is 13.4. The van der Waals surface area contributed by atoms with Crippen molar-refractivity contribution >= 4 is 0 Å². The van der Waals surface area contributed by atoms with E-state index in [-0.39, 0.29) is 5.54 Å². The lowest BCUT2D eigenvalue weighted by atomic mass is 9.70. The molecule has 1 saturated carbocycles. The topological polar surface area (TPSA) is 3.24 Å². The van der Waals surface area contributed by atoms with E-state index in [9.17, 15) is 8.78 Å². The van der Waals surface area contributed by atoms with E-state index in [1.807, 2.05) is 0 Å².